The minimum atomic E-state index is -0.671. The summed E-state index contributed by atoms with van der Waals surface area (Å²) in [5.74, 6) is 0.542. The first-order valence-corrected chi connectivity index (χ1v) is 10.5. The summed E-state index contributed by atoms with van der Waals surface area (Å²) in [6, 6.07) is 6.14. The second-order valence-electron chi connectivity index (χ2n) is 7.06. The topological polar surface area (TPSA) is 118 Å². The normalized spacial score (nSPS) is 18.1. The Balaban J connectivity index is 1.91. The number of ketones is 1. The van der Waals surface area contributed by atoms with Crippen molar-refractivity contribution in [1.82, 2.24) is 9.97 Å². The van der Waals surface area contributed by atoms with Crippen molar-refractivity contribution in [1.29, 1.82) is 0 Å². The number of hydrogen-bond acceptors (Lipinski definition) is 7. The lowest BCUT2D eigenvalue weighted by Gasteiger charge is -2.32. The van der Waals surface area contributed by atoms with Crippen LogP contribution in [0.1, 0.15) is 49.7 Å². The van der Waals surface area contributed by atoms with Gasteiger partial charge in [0, 0.05) is 41.5 Å². The number of hydrogen-bond donors (Lipinski definition) is 2. The molecule has 2 heterocycles. The SMILES string of the molecule is CCCSc1nc2c(c(=O)[nH]1)C(c1cccc([N+](=O)[O-])c1)C1=C(CCCC1=O)N2. The largest absolute Gasteiger partial charge is 0.343 e. The van der Waals surface area contributed by atoms with Crippen molar-refractivity contribution in [3.63, 3.8) is 0 Å². The summed E-state index contributed by atoms with van der Waals surface area (Å²) in [5.41, 5.74) is 1.75. The minimum Gasteiger partial charge on any atom is -0.343 e. The van der Waals surface area contributed by atoms with Crippen molar-refractivity contribution in [2.75, 3.05) is 11.1 Å². The van der Waals surface area contributed by atoms with E-state index in [1.165, 1.54) is 23.9 Å². The average molecular weight is 412 g/mol. The molecule has 1 aromatic heterocycles. The van der Waals surface area contributed by atoms with Crippen LogP contribution >= 0.6 is 11.8 Å². The van der Waals surface area contributed by atoms with Gasteiger partial charge in [-0.05, 0) is 24.8 Å². The fourth-order valence-electron chi connectivity index (χ4n) is 3.86. The fraction of sp³-hybridized carbons (Fsp3) is 0.350. The molecule has 8 nitrogen and oxygen atoms in total. The molecular weight excluding hydrogens is 392 g/mol. The van der Waals surface area contributed by atoms with Gasteiger partial charge in [0.1, 0.15) is 5.82 Å². The van der Waals surface area contributed by atoms with Gasteiger partial charge < -0.3 is 10.3 Å². The number of thioether (sulfide) groups is 1. The van der Waals surface area contributed by atoms with Crippen molar-refractivity contribution in [3.8, 4) is 0 Å². The quantitative estimate of drug-likeness (QED) is 0.332. The highest BCUT2D eigenvalue weighted by Gasteiger charge is 2.38. The van der Waals surface area contributed by atoms with Crippen molar-refractivity contribution < 1.29 is 9.72 Å². The number of allylic oxidation sites excluding steroid dienone is 2. The number of rotatable bonds is 5. The number of carbonyl (C=O) groups excluding carboxylic acids is 1. The summed E-state index contributed by atoms with van der Waals surface area (Å²) in [7, 11) is 0. The molecule has 0 amide bonds. The van der Waals surface area contributed by atoms with Gasteiger partial charge in [-0.25, -0.2) is 4.98 Å². The van der Waals surface area contributed by atoms with Gasteiger partial charge in [-0.15, -0.1) is 0 Å². The summed E-state index contributed by atoms with van der Waals surface area (Å²) in [5, 5.41) is 15.0. The molecule has 2 aromatic rings. The van der Waals surface area contributed by atoms with Crippen LogP contribution in [0.5, 0.6) is 0 Å². The maximum Gasteiger partial charge on any atom is 0.269 e. The molecule has 1 aliphatic heterocycles. The number of aromatic nitrogens is 2. The number of non-ortho nitro benzene ring substituents is 1. The Hall–Kier alpha value is -2.94. The molecule has 150 valence electrons. The van der Waals surface area contributed by atoms with E-state index in [9.17, 15) is 19.7 Å². The van der Waals surface area contributed by atoms with Crippen molar-refractivity contribution in [2.45, 2.75) is 43.7 Å². The number of fused-ring (bicyclic) bond motifs is 1. The number of nitro benzene ring substituents is 1. The first kappa shape index (κ1) is 19.4. The Morgan fingerprint density at radius 2 is 2.14 bits per heavy atom. The molecule has 2 aliphatic rings. The van der Waals surface area contributed by atoms with Crippen molar-refractivity contribution >= 4 is 29.1 Å². The third kappa shape index (κ3) is 3.57. The van der Waals surface area contributed by atoms with E-state index in [0.29, 0.717) is 40.5 Å². The number of Topliss-reactive ketones (excluding diaryl/α,β-unsaturated/α-hetero) is 1. The second kappa shape index (κ2) is 7.82. The van der Waals surface area contributed by atoms with Crippen LogP contribution in [0.3, 0.4) is 0 Å². The van der Waals surface area contributed by atoms with Crippen LogP contribution in [-0.4, -0.2) is 26.4 Å². The summed E-state index contributed by atoms with van der Waals surface area (Å²) in [6.07, 6.45) is 2.75. The number of nitro groups is 1. The Morgan fingerprint density at radius 3 is 2.90 bits per heavy atom. The fourth-order valence-corrected chi connectivity index (χ4v) is 4.58. The zero-order valence-corrected chi connectivity index (χ0v) is 16.7. The Kier molecular flexibility index (Phi) is 5.23. The van der Waals surface area contributed by atoms with Crippen LogP contribution in [0.15, 0.2) is 45.5 Å². The van der Waals surface area contributed by atoms with E-state index >= 15 is 0 Å². The molecule has 0 fully saturated rings. The Labute approximate surface area is 171 Å². The molecule has 1 unspecified atom stereocenters. The van der Waals surface area contributed by atoms with Gasteiger partial charge >= 0.3 is 0 Å². The maximum atomic E-state index is 13.0. The van der Waals surface area contributed by atoms with E-state index in [1.807, 2.05) is 6.92 Å². The lowest BCUT2D eigenvalue weighted by atomic mass is 9.76. The van der Waals surface area contributed by atoms with Crippen molar-refractivity contribution in [3.05, 3.63) is 67.1 Å². The zero-order chi connectivity index (χ0) is 20.5. The van der Waals surface area contributed by atoms with E-state index in [1.54, 1.807) is 12.1 Å². The highest BCUT2D eigenvalue weighted by atomic mass is 32.2. The van der Waals surface area contributed by atoms with Gasteiger partial charge in [0.2, 0.25) is 0 Å². The number of aromatic amines is 1. The first-order valence-electron chi connectivity index (χ1n) is 9.54. The highest BCUT2D eigenvalue weighted by Crippen LogP contribution is 2.43. The van der Waals surface area contributed by atoms with Gasteiger partial charge in [0.15, 0.2) is 10.9 Å². The summed E-state index contributed by atoms with van der Waals surface area (Å²) >= 11 is 1.46. The molecule has 9 heteroatoms. The highest BCUT2D eigenvalue weighted by molar-refractivity contribution is 7.99. The first-order chi connectivity index (χ1) is 14.0. The molecule has 1 atom stereocenters. The van der Waals surface area contributed by atoms with E-state index in [2.05, 4.69) is 15.3 Å². The monoisotopic (exact) mass is 412 g/mol. The van der Waals surface area contributed by atoms with Crippen molar-refractivity contribution in [2.24, 2.45) is 0 Å². The number of benzene rings is 1. The molecular formula is C20H20N4O4S. The molecule has 0 radical (unpaired) electrons. The molecule has 0 saturated heterocycles. The molecule has 4 rings (SSSR count). The maximum absolute atomic E-state index is 13.0. The van der Waals surface area contributed by atoms with E-state index in [0.717, 1.165) is 24.3 Å². The minimum absolute atomic E-state index is 0.0373. The van der Waals surface area contributed by atoms with Gasteiger partial charge in [0.25, 0.3) is 11.2 Å². The smallest absolute Gasteiger partial charge is 0.269 e. The summed E-state index contributed by atoms with van der Waals surface area (Å²) < 4.78 is 0. The molecule has 0 saturated carbocycles. The van der Waals surface area contributed by atoms with Gasteiger partial charge in [-0.2, -0.15) is 0 Å². The lowest BCUT2D eigenvalue weighted by Crippen LogP contribution is -2.32. The zero-order valence-electron chi connectivity index (χ0n) is 15.9. The Morgan fingerprint density at radius 1 is 1.31 bits per heavy atom. The molecule has 29 heavy (non-hydrogen) atoms. The molecule has 0 spiro atoms. The number of nitrogens with one attached hydrogen (secondary N) is 2. The van der Waals surface area contributed by atoms with Gasteiger partial charge in [0.05, 0.1) is 10.5 Å². The summed E-state index contributed by atoms with van der Waals surface area (Å²) in [4.78, 5) is 44.0. The molecule has 1 aliphatic carbocycles. The number of anilines is 1. The number of nitrogens with zero attached hydrogens (tertiary/aromatic N) is 2. The number of carbonyl (C=O) groups is 1. The third-order valence-electron chi connectivity index (χ3n) is 5.09. The van der Waals surface area contributed by atoms with Gasteiger partial charge in [-0.3, -0.25) is 19.7 Å². The van der Waals surface area contributed by atoms with Crippen LogP contribution in [0, 0.1) is 10.1 Å². The average Bonchev–Trinajstić information content (AvgIpc) is 2.71. The third-order valence-corrected chi connectivity index (χ3v) is 6.17. The predicted octanol–water partition coefficient (Wildman–Crippen LogP) is 3.74. The summed E-state index contributed by atoms with van der Waals surface area (Å²) in [6.45, 7) is 2.05. The van der Waals surface area contributed by atoms with E-state index in [4.69, 9.17) is 0 Å². The van der Waals surface area contributed by atoms with Crippen LogP contribution in [-0.2, 0) is 4.79 Å². The standard InChI is InChI=1S/C20H20N4O4S/c1-2-9-29-20-22-18-17(19(26)23-20)15(11-5-3-6-12(10-11)24(27)28)16-13(21-18)7-4-8-14(16)25/h3,5-6,10,15H,2,4,7-9H2,1H3,(H2,21,22,23,26). The van der Waals surface area contributed by atoms with Crippen LogP contribution < -0.4 is 10.9 Å². The van der Waals surface area contributed by atoms with Crippen LogP contribution in [0.2, 0.25) is 0 Å². The predicted molar refractivity (Wildman–Crippen MR) is 110 cm³/mol. The van der Waals surface area contributed by atoms with Crippen LogP contribution in [0.4, 0.5) is 11.5 Å². The molecule has 1 aromatic carbocycles. The number of H-pyrrole nitrogens is 1. The van der Waals surface area contributed by atoms with Crippen LogP contribution in [0.25, 0.3) is 0 Å². The molecule has 0 bridgehead atoms. The molecule has 2 N–H and O–H groups in total. The second-order valence-corrected chi connectivity index (χ2v) is 8.14. The van der Waals surface area contributed by atoms with Gasteiger partial charge in [-0.1, -0.05) is 30.8 Å². The van der Waals surface area contributed by atoms with E-state index < -0.39 is 10.8 Å². The van der Waals surface area contributed by atoms with E-state index in [-0.39, 0.29) is 17.0 Å². The Bertz CT molecular complexity index is 1090. The lowest BCUT2D eigenvalue weighted by molar-refractivity contribution is -0.384.